The predicted octanol–water partition coefficient (Wildman–Crippen LogP) is 2.81. The maximum absolute atomic E-state index is 12.0. The lowest BCUT2D eigenvalue weighted by Crippen LogP contribution is -2.42. The Balaban J connectivity index is 2.56. The third kappa shape index (κ3) is 4.64. The molecule has 0 spiro atoms. The number of Topliss-reactive ketones (excluding diaryl/α,β-unsaturated/α-hetero) is 1. The first kappa shape index (κ1) is 16.1. The van der Waals surface area contributed by atoms with Crippen LogP contribution in [0.5, 0.6) is 0 Å². The molecule has 0 aromatic carbocycles. The van der Waals surface area contributed by atoms with Crippen LogP contribution in [-0.4, -0.2) is 29.0 Å². The molecule has 20 heavy (non-hydrogen) atoms. The first-order valence-corrected chi connectivity index (χ1v) is 6.64. The monoisotopic (exact) mass is 278 g/mol. The smallest absolute Gasteiger partial charge is 0.408 e. The van der Waals surface area contributed by atoms with Crippen LogP contribution in [-0.2, 0) is 4.74 Å². The summed E-state index contributed by atoms with van der Waals surface area (Å²) in [5.74, 6) is -0.244. The van der Waals surface area contributed by atoms with E-state index in [-0.39, 0.29) is 17.3 Å². The fourth-order valence-electron chi connectivity index (χ4n) is 1.34. The Morgan fingerprint density at radius 1 is 1.25 bits per heavy atom. The topological polar surface area (TPSA) is 68.3 Å². The van der Waals surface area contributed by atoms with Crippen LogP contribution in [0.1, 0.15) is 45.1 Å². The van der Waals surface area contributed by atoms with E-state index in [9.17, 15) is 9.59 Å². The molecule has 1 N–H and O–H groups in total. The number of carbonyl (C=O) groups is 2. The van der Waals surface area contributed by atoms with Gasteiger partial charge in [0, 0.05) is 6.20 Å². The van der Waals surface area contributed by atoms with Crippen molar-refractivity contribution in [2.45, 2.75) is 46.8 Å². The van der Waals surface area contributed by atoms with Crippen LogP contribution < -0.4 is 5.32 Å². The van der Waals surface area contributed by atoms with Crippen LogP contribution in [0.4, 0.5) is 4.79 Å². The summed E-state index contributed by atoms with van der Waals surface area (Å²) in [5.41, 5.74) is 0.176. The van der Waals surface area contributed by atoms with Crippen molar-refractivity contribution in [2.24, 2.45) is 5.41 Å². The number of hydrogen-bond donors (Lipinski definition) is 1. The fourth-order valence-corrected chi connectivity index (χ4v) is 1.34. The number of nitrogens with zero attached hydrogens (tertiary/aromatic N) is 1. The van der Waals surface area contributed by atoms with Gasteiger partial charge in [0.05, 0.1) is 6.04 Å². The summed E-state index contributed by atoms with van der Waals surface area (Å²) in [6.45, 7) is 9.37. The summed E-state index contributed by atoms with van der Waals surface area (Å²) >= 11 is 0. The second-order valence-corrected chi connectivity index (χ2v) is 5.86. The molecule has 5 heteroatoms. The van der Waals surface area contributed by atoms with E-state index < -0.39 is 12.1 Å². The van der Waals surface area contributed by atoms with Gasteiger partial charge in [0.15, 0.2) is 0 Å². The molecule has 0 aliphatic heterocycles. The zero-order valence-electron chi connectivity index (χ0n) is 12.6. The summed E-state index contributed by atoms with van der Waals surface area (Å²) in [7, 11) is 0. The van der Waals surface area contributed by atoms with Crippen molar-refractivity contribution in [1.82, 2.24) is 10.3 Å². The highest BCUT2D eigenvalue weighted by molar-refractivity contribution is 5.99. The van der Waals surface area contributed by atoms with Crippen LogP contribution in [0.3, 0.4) is 0 Å². The summed E-state index contributed by atoms with van der Waals surface area (Å²) in [4.78, 5) is 27.7. The third-order valence-corrected chi connectivity index (χ3v) is 3.15. The average Bonchev–Trinajstić information content (AvgIpc) is 2.37. The highest BCUT2D eigenvalue weighted by atomic mass is 16.6. The van der Waals surface area contributed by atoms with Gasteiger partial charge in [-0.2, -0.15) is 0 Å². The molecule has 0 saturated heterocycles. The number of pyridine rings is 1. The van der Waals surface area contributed by atoms with Crippen molar-refractivity contribution in [3.05, 3.63) is 30.1 Å². The van der Waals surface area contributed by atoms with Crippen LogP contribution in [0.15, 0.2) is 24.4 Å². The van der Waals surface area contributed by atoms with Gasteiger partial charge in [-0.25, -0.2) is 4.79 Å². The molecule has 0 saturated carbocycles. The molecule has 0 radical (unpaired) electrons. The van der Waals surface area contributed by atoms with Gasteiger partial charge in [-0.3, -0.25) is 9.78 Å². The molecule has 1 heterocycles. The molecule has 1 amide bonds. The zero-order chi connectivity index (χ0) is 15.3. The summed E-state index contributed by atoms with van der Waals surface area (Å²) in [6, 6.07) is 4.40. The summed E-state index contributed by atoms with van der Waals surface area (Å²) in [6.07, 6.45) is 0.698. The number of rotatable bonds is 4. The quantitative estimate of drug-likeness (QED) is 0.860. The van der Waals surface area contributed by atoms with Crippen LogP contribution in [0.25, 0.3) is 0 Å². The van der Waals surface area contributed by atoms with E-state index >= 15 is 0 Å². The maximum atomic E-state index is 12.0. The van der Waals surface area contributed by atoms with Gasteiger partial charge in [0.25, 0.3) is 0 Å². The lowest BCUT2D eigenvalue weighted by atomic mass is 9.90. The standard InChI is InChI=1S/C15H22N2O3/c1-10(13(18)12-8-6-7-9-16-12)17-14(19)20-11(2)15(3,4)5/h6-11H,1-5H3,(H,17,19). The molecule has 110 valence electrons. The van der Waals surface area contributed by atoms with Crippen molar-refractivity contribution in [1.29, 1.82) is 0 Å². The van der Waals surface area contributed by atoms with Crippen LogP contribution in [0, 0.1) is 5.41 Å². The molecule has 0 aliphatic rings. The van der Waals surface area contributed by atoms with Crippen molar-refractivity contribution in [2.75, 3.05) is 0 Å². The van der Waals surface area contributed by atoms with Gasteiger partial charge >= 0.3 is 6.09 Å². The molecule has 0 aliphatic carbocycles. The van der Waals surface area contributed by atoms with E-state index in [1.165, 1.54) is 0 Å². The highest BCUT2D eigenvalue weighted by Crippen LogP contribution is 2.21. The first-order valence-electron chi connectivity index (χ1n) is 6.64. The van der Waals surface area contributed by atoms with E-state index in [2.05, 4.69) is 10.3 Å². The molecule has 0 fully saturated rings. The number of aromatic nitrogens is 1. The minimum absolute atomic E-state index is 0.147. The molecule has 1 aromatic rings. The number of nitrogens with one attached hydrogen (secondary N) is 1. The van der Waals surface area contributed by atoms with Gasteiger partial charge in [-0.05, 0) is 31.4 Å². The fraction of sp³-hybridized carbons (Fsp3) is 0.533. The van der Waals surface area contributed by atoms with Crippen molar-refractivity contribution >= 4 is 11.9 Å². The molecule has 1 rings (SSSR count). The Hall–Kier alpha value is -1.91. The van der Waals surface area contributed by atoms with Crippen molar-refractivity contribution < 1.29 is 14.3 Å². The molecule has 2 unspecified atom stereocenters. The number of carbonyl (C=O) groups excluding carboxylic acids is 2. The number of hydrogen-bond acceptors (Lipinski definition) is 4. The lowest BCUT2D eigenvalue weighted by Gasteiger charge is -2.27. The molecule has 0 bridgehead atoms. The Bertz CT molecular complexity index is 466. The SMILES string of the molecule is CC(NC(=O)OC(C)C(C)(C)C)C(=O)c1ccccn1. The van der Waals surface area contributed by atoms with Gasteiger partial charge in [0.2, 0.25) is 5.78 Å². The van der Waals surface area contributed by atoms with E-state index in [0.717, 1.165) is 0 Å². The van der Waals surface area contributed by atoms with Crippen LogP contribution in [0.2, 0.25) is 0 Å². The van der Waals surface area contributed by atoms with Crippen molar-refractivity contribution in [3.8, 4) is 0 Å². The minimum Gasteiger partial charge on any atom is -0.446 e. The molecular weight excluding hydrogens is 256 g/mol. The first-order chi connectivity index (χ1) is 9.21. The third-order valence-electron chi connectivity index (χ3n) is 3.15. The van der Waals surface area contributed by atoms with E-state index in [1.807, 2.05) is 27.7 Å². The van der Waals surface area contributed by atoms with Crippen molar-refractivity contribution in [3.63, 3.8) is 0 Å². The number of ether oxygens (including phenoxy) is 1. The van der Waals surface area contributed by atoms with Gasteiger partial charge in [0.1, 0.15) is 11.8 Å². The summed E-state index contributed by atoms with van der Waals surface area (Å²) < 4.78 is 5.25. The van der Waals surface area contributed by atoms with Crippen LogP contribution >= 0.6 is 0 Å². The lowest BCUT2D eigenvalue weighted by molar-refractivity contribution is 0.0416. The maximum Gasteiger partial charge on any atom is 0.408 e. The van der Waals surface area contributed by atoms with E-state index in [0.29, 0.717) is 5.69 Å². The Morgan fingerprint density at radius 3 is 2.40 bits per heavy atom. The van der Waals surface area contributed by atoms with Gasteiger partial charge < -0.3 is 10.1 Å². The molecule has 1 aromatic heterocycles. The molecule has 5 nitrogen and oxygen atoms in total. The van der Waals surface area contributed by atoms with Gasteiger partial charge in [-0.1, -0.05) is 26.8 Å². The number of amides is 1. The minimum atomic E-state index is -0.676. The largest absolute Gasteiger partial charge is 0.446 e. The zero-order valence-corrected chi connectivity index (χ0v) is 12.6. The Kier molecular flexibility index (Phi) is 5.25. The second-order valence-electron chi connectivity index (χ2n) is 5.86. The molecule has 2 atom stereocenters. The number of ketones is 1. The van der Waals surface area contributed by atoms with E-state index in [4.69, 9.17) is 4.74 Å². The predicted molar refractivity (Wildman–Crippen MR) is 76.6 cm³/mol. The van der Waals surface area contributed by atoms with Gasteiger partial charge in [-0.15, -0.1) is 0 Å². The Morgan fingerprint density at radius 2 is 1.90 bits per heavy atom. The number of alkyl carbamates (subject to hydrolysis) is 1. The average molecular weight is 278 g/mol. The van der Waals surface area contributed by atoms with E-state index in [1.54, 1.807) is 31.3 Å². The Labute approximate surface area is 119 Å². The summed E-state index contributed by atoms with van der Waals surface area (Å²) in [5, 5.41) is 2.53. The molecular formula is C15H22N2O3. The second kappa shape index (κ2) is 6.50. The normalized spacial score (nSPS) is 14.2. The highest BCUT2D eigenvalue weighted by Gasteiger charge is 2.25.